The van der Waals surface area contributed by atoms with Gasteiger partial charge in [-0.05, 0) is 48.4 Å². The number of rotatable bonds is 10. The summed E-state index contributed by atoms with van der Waals surface area (Å²) in [5, 5.41) is 2.80. The van der Waals surface area contributed by atoms with Crippen LogP contribution in [0.1, 0.15) is 18.1 Å². The second-order valence-electron chi connectivity index (χ2n) is 7.93. The number of carbonyl (C=O) groups is 2. The van der Waals surface area contributed by atoms with Crippen molar-refractivity contribution in [3.05, 3.63) is 88.8 Å². The highest BCUT2D eigenvalue weighted by atomic mass is 32.2. The zero-order valence-corrected chi connectivity index (χ0v) is 22.1. The summed E-state index contributed by atoms with van der Waals surface area (Å²) >= 11 is 6.71. The molecule has 0 spiro atoms. The molecule has 1 aliphatic rings. The summed E-state index contributed by atoms with van der Waals surface area (Å²) in [6.45, 7) is 2.58. The Morgan fingerprint density at radius 3 is 2.51 bits per heavy atom. The van der Waals surface area contributed by atoms with Crippen LogP contribution in [0.3, 0.4) is 0 Å². The zero-order valence-electron chi connectivity index (χ0n) is 20.4. The average molecular weight is 535 g/mol. The molecular formula is C28H26N2O5S2. The first-order valence-corrected chi connectivity index (χ1v) is 12.8. The Morgan fingerprint density at radius 1 is 1.00 bits per heavy atom. The maximum absolute atomic E-state index is 13.0. The van der Waals surface area contributed by atoms with Crippen molar-refractivity contribution in [2.24, 2.45) is 0 Å². The Kier molecular flexibility index (Phi) is 8.81. The summed E-state index contributed by atoms with van der Waals surface area (Å²) in [6.07, 6.45) is 1.77. The number of para-hydroxylation sites is 2. The van der Waals surface area contributed by atoms with Crippen molar-refractivity contribution in [2.45, 2.75) is 13.5 Å². The van der Waals surface area contributed by atoms with E-state index in [0.717, 1.165) is 11.1 Å². The number of benzene rings is 3. The minimum absolute atomic E-state index is 0.137. The van der Waals surface area contributed by atoms with Gasteiger partial charge in [-0.25, -0.2) is 0 Å². The number of carbonyl (C=O) groups excluding carboxylic acids is 2. The maximum Gasteiger partial charge on any atom is 0.266 e. The van der Waals surface area contributed by atoms with Crippen LogP contribution in [0.5, 0.6) is 17.2 Å². The van der Waals surface area contributed by atoms with Crippen molar-refractivity contribution >= 4 is 51.9 Å². The fraction of sp³-hybridized carbons (Fsp3) is 0.179. The summed E-state index contributed by atoms with van der Waals surface area (Å²) < 4.78 is 17.2. The molecule has 1 aliphatic heterocycles. The van der Waals surface area contributed by atoms with Gasteiger partial charge in [0.2, 0.25) is 0 Å². The molecule has 0 atom stereocenters. The van der Waals surface area contributed by atoms with E-state index in [2.05, 4.69) is 5.32 Å². The molecule has 37 heavy (non-hydrogen) atoms. The lowest BCUT2D eigenvalue weighted by atomic mass is 10.1. The molecule has 3 aromatic carbocycles. The Hall–Kier alpha value is -3.82. The molecule has 0 unspecified atom stereocenters. The number of thioether (sulfide) groups is 1. The molecule has 0 saturated carbocycles. The van der Waals surface area contributed by atoms with Crippen molar-refractivity contribution in [3.8, 4) is 17.2 Å². The second kappa shape index (κ2) is 12.4. The molecule has 1 heterocycles. The largest absolute Gasteiger partial charge is 0.493 e. The van der Waals surface area contributed by atoms with E-state index >= 15 is 0 Å². The molecule has 1 saturated heterocycles. The van der Waals surface area contributed by atoms with Crippen molar-refractivity contribution in [1.29, 1.82) is 0 Å². The van der Waals surface area contributed by atoms with Crippen LogP contribution >= 0.6 is 24.0 Å². The number of nitrogens with one attached hydrogen (secondary N) is 1. The van der Waals surface area contributed by atoms with Crippen LogP contribution < -0.4 is 19.5 Å². The van der Waals surface area contributed by atoms with Crippen LogP contribution in [0.25, 0.3) is 6.08 Å². The van der Waals surface area contributed by atoms with Crippen molar-refractivity contribution in [3.63, 3.8) is 0 Å². The number of nitrogens with zero attached hydrogens (tertiary/aromatic N) is 1. The second-order valence-corrected chi connectivity index (χ2v) is 9.61. The van der Waals surface area contributed by atoms with Crippen molar-refractivity contribution in [1.82, 2.24) is 4.90 Å². The van der Waals surface area contributed by atoms with Gasteiger partial charge in [0.1, 0.15) is 10.1 Å². The van der Waals surface area contributed by atoms with Crippen molar-refractivity contribution < 1.29 is 23.8 Å². The van der Waals surface area contributed by atoms with Crippen LogP contribution in [-0.2, 0) is 16.1 Å². The van der Waals surface area contributed by atoms with Gasteiger partial charge < -0.3 is 19.5 Å². The van der Waals surface area contributed by atoms with E-state index in [1.54, 1.807) is 41.3 Å². The normalized spacial score (nSPS) is 14.1. The summed E-state index contributed by atoms with van der Waals surface area (Å²) in [5.41, 5.74) is 2.33. The van der Waals surface area contributed by atoms with Gasteiger partial charge in [0.15, 0.2) is 18.1 Å². The molecule has 7 nitrogen and oxygen atoms in total. The first-order chi connectivity index (χ1) is 18.0. The van der Waals surface area contributed by atoms with Gasteiger partial charge in [0.05, 0.1) is 30.9 Å². The number of thiocarbonyl (C=S) groups is 1. The molecule has 1 N–H and O–H groups in total. The van der Waals surface area contributed by atoms with Gasteiger partial charge in [-0.2, -0.15) is 0 Å². The number of hydrogen-bond donors (Lipinski definition) is 1. The molecule has 0 aliphatic carbocycles. The third-order valence-electron chi connectivity index (χ3n) is 5.36. The molecule has 190 valence electrons. The summed E-state index contributed by atoms with van der Waals surface area (Å²) in [7, 11) is 1.52. The minimum atomic E-state index is -0.333. The zero-order chi connectivity index (χ0) is 26.2. The van der Waals surface area contributed by atoms with Crippen LogP contribution in [0.15, 0.2) is 77.7 Å². The third kappa shape index (κ3) is 6.69. The van der Waals surface area contributed by atoms with Crippen LogP contribution in [-0.4, -0.2) is 41.4 Å². The Balaban J connectivity index is 1.41. The Bertz CT molecular complexity index is 1330. The predicted molar refractivity (Wildman–Crippen MR) is 150 cm³/mol. The van der Waals surface area contributed by atoms with Crippen LogP contribution in [0.4, 0.5) is 5.69 Å². The van der Waals surface area contributed by atoms with E-state index in [-0.39, 0.29) is 18.4 Å². The molecule has 9 heteroatoms. The van der Waals surface area contributed by atoms with Gasteiger partial charge in [-0.15, -0.1) is 0 Å². The highest BCUT2D eigenvalue weighted by Gasteiger charge is 2.32. The fourth-order valence-electron chi connectivity index (χ4n) is 3.63. The molecule has 0 bridgehead atoms. The van der Waals surface area contributed by atoms with E-state index in [4.69, 9.17) is 26.4 Å². The number of methoxy groups -OCH3 is 1. The first kappa shape index (κ1) is 26.2. The van der Waals surface area contributed by atoms with Crippen LogP contribution in [0.2, 0.25) is 0 Å². The van der Waals surface area contributed by atoms with Gasteiger partial charge in [0, 0.05) is 0 Å². The quantitative estimate of drug-likeness (QED) is 0.271. The molecule has 4 rings (SSSR count). The summed E-state index contributed by atoms with van der Waals surface area (Å²) in [4.78, 5) is 27.6. The molecular weight excluding hydrogens is 508 g/mol. The summed E-state index contributed by atoms with van der Waals surface area (Å²) in [6, 6.07) is 22.2. The van der Waals surface area contributed by atoms with E-state index in [1.165, 1.54) is 18.9 Å². The van der Waals surface area contributed by atoms with E-state index in [9.17, 15) is 9.59 Å². The number of hydrogen-bond acceptors (Lipinski definition) is 7. The van der Waals surface area contributed by atoms with Gasteiger partial charge >= 0.3 is 0 Å². The molecule has 2 amide bonds. The van der Waals surface area contributed by atoms with Crippen LogP contribution in [0, 0.1) is 0 Å². The lowest BCUT2D eigenvalue weighted by Crippen LogP contribution is -2.27. The van der Waals surface area contributed by atoms with Gasteiger partial charge in [-0.1, -0.05) is 72.5 Å². The lowest BCUT2D eigenvalue weighted by molar-refractivity contribution is -0.122. The highest BCUT2D eigenvalue weighted by molar-refractivity contribution is 8.26. The molecule has 0 radical (unpaired) electrons. The van der Waals surface area contributed by atoms with E-state index in [1.807, 2.05) is 49.4 Å². The Morgan fingerprint density at radius 2 is 1.76 bits per heavy atom. The Labute approximate surface area is 225 Å². The smallest absolute Gasteiger partial charge is 0.266 e. The minimum Gasteiger partial charge on any atom is -0.493 e. The van der Waals surface area contributed by atoms with E-state index < -0.39 is 0 Å². The highest BCUT2D eigenvalue weighted by Crippen LogP contribution is 2.35. The third-order valence-corrected chi connectivity index (χ3v) is 6.74. The molecule has 1 fully saturated rings. The maximum atomic E-state index is 13.0. The van der Waals surface area contributed by atoms with Crippen molar-refractivity contribution in [2.75, 3.05) is 25.6 Å². The monoisotopic (exact) mass is 534 g/mol. The molecule has 0 aromatic heterocycles. The van der Waals surface area contributed by atoms with Gasteiger partial charge in [0.25, 0.3) is 11.8 Å². The number of ether oxygens (including phenoxy) is 3. The first-order valence-electron chi connectivity index (χ1n) is 11.6. The fourth-order valence-corrected chi connectivity index (χ4v) is 4.88. The molecule has 3 aromatic rings. The average Bonchev–Trinajstić information content (AvgIpc) is 3.17. The number of amides is 2. The topological polar surface area (TPSA) is 77.1 Å². The predicted octanol–water partition coefficient (Wildman–Crippen LogP) is 5.51. The SMILES string of the molecule is CCOc1ccccc1NC(=O)COc1ccc(/C=C2\SC(=S)N(Cc3ccccc3)C2=O)cc1OC. The lowest BCUT2D eigenvalue weighted by Gasteiger charge is -2.14. The van der Waals surface area contributed by atoms with E-state index in [0.29, 0.717) is 45.3 Å². The number of anilines is 1. The van der Waals surface area contributed by atoms with Gasteiger partial charge in [-0.3, -0.25) is 14.5 Å². The standard InChI is InChI=1S/C28H26N2O5S2/c1-3-34-22-12-8-7-11-21(22)29-26(31)18-35-23-14-13-20(15-24(23)33-2)16-25-27(32)30(28(36)37-25)17-19-9-5-4-6-10-19/h4-16H,3,17-18H2,1-2H3,(H,29,31)/b25-16-. The summed E-state index contributed by atoms with van der Waals surface area (Å²) in [5.74, 6) is 0.970.